The van der Waals surface area contributed by atoms with Gasteiger partial charge in [-0.1, -0.05) is 0 Å². The molecule has 1 N–H and O–H groups in total. The van der Waals surface area contributed by atoms with Crippen LogP contribution in [-0.2, 0) is 0 Å². The monoisotopic (exact) mass is 349 g/mol. The van der Waals surface area contributed by atoms with Crippen LogP contribution in [0.5, 0.6) is 0 Å². The molecule has 5 nitrogen and oxygen atoms in total. The van der Waals surface area contributed by atoms with Crippen LogP contribution in [0.3, 0.4) is 0 Å². The molecule has 132 valence electrons. The maximum absolute atomic E-state index is 14.7. The third-order valence-electron chi connectivity index (χ3n) is 5.19. The molecule has 4 aromatic heterocycles. The maximum Gasteiger partial charge on any atom is 0.173 e. The van der Waals surface area contributed by atoms with Gasteiger partial charge in [-0.25, -0.2) is 14.4 Å². The Morgan fingerprint density at radius 1 is 1.00 bits per heavy atom. The molecule has 0 unspecified atom stereocenters. The van der Waals surface area contributed by atoms with Crippen molar-refractivity contribution in [3.05, 3.63) is 60.2 Å². The first-order valence-electron chi connectivity index (χ1n) is 9.02. The molecular formula is C20H20FN5. The molecule has 0 aliphatic carbocycles. The van der Waals surface area contributed by atoms with Crippen LogP contribution in [0.1, 0.15) is 30.1 Å². The lowest BCUT2D eigenvalue weighted by molar-refractivity contribution is 0.454. The minimum atomic E-state index is -0.287. The molecule has 5 rings (SSSR count). The van der Waals surface area contributed by atoms with Gasteiger partial charge in [-0.05, 0) is 51.1 Å². The summed E-state index contributed by atoms with van der Waals surface area (Å²) in [6, 6.07) is 5.51. The van der Waals surface area contributed by atoms with E-state index in [1.165, 1.54) is 0 Å². The first kappa shape index (κ1) is 15.5. The minimum Gasteiger partial charge on any atom is -0.317 e. The summed E-state index contributed by atoms with van der Waals surface area (Å²) in [5.41, 5.74) is 5.03. The lowest BCUT2D eigenvalue weighted by Gasteiger charge is -2.20. The zero-order valence-electron chi connectivity index (χ0n) is 14.6. The number of nitrogens with one attached hydrogen (secondary N) is 1. The van der Waals surface area contributed by atoms with Crippen LogP contribution in [0.25, 0.3) is 22.4 Å². The second-order valence-electron chi connectivity index (χ2n) is 7.06. The van der Waals surface area contributed by atoms with Crippen molar-refractivity contribution in [2.24, 2.45) is 0 Å². The van der Waals surface area contributed by atoms with Crippen LogP contribution in [0.15, 0.2) is 43.0 Å². The lowest BCUT2D eigenvalue weighted by Crippen LogP contribution is -2.26. The van der Waals surface area contributed by atoms with Crippen LogP contribution in [0.4, 0.5) is 4.39 Å². The minimum absolute atomic E-state index is 0.287. The average Bonchev–Trinajstić information content (AvgIpc) is 3.24. The third kappa shape index (κ3) is 2.57. The predicted octanol–water partition coefficient (Wildman–Crippen LogP) is 3.56. The summed E-state index contributed by atoms with van der Waals surface area (Å²) in [7, 11) is 0. The zero-order chi connectivity index (χ0) is 17.7. The van der Waals surface area contributed by atoms with Crippen molar-refractivity contribution >= 4 is 11.3 Å². The van der Waals surface area contributed by atoms with Gasteiger partial charge >= 0.3 is 0 Å². The van der Waals surface area contributed by atoms with E-state index < -0.39 is 0 Å². The number of fused-ring (bicyclic) bond motifs is 2. The highest BCUT2D eigenvalue weighted by Gasteiger charge is 2.19. The molecule has 1 aliphatic heterocycles. The Labute approximate surface area is 150 Å². The Hall–Kier alpha value is -2.73. The van der Waals surface area contributed by atoms with Crippen LogP contribution < -0.4 is 5.32 Å². The van der Waals surface area contributed by atoms with E-state index >= 15 is 0 Å². The number of pyridine rings is 2. The predicted molar refractivity (Wildman–Crippen MR) is 98.9 cm³/mol. The quantitative estimate of drug-likeness (QED) is 0.602. The van der Waals surface area contributed by atoms with Crippen molar-refractivity contribution in [2.45, 2.75) is 25.7 Å². The van der Waals surface area contributed by atoms with Crippen molar-refractivity contribution in [2.75, 3.05) is 13.1 Å². The summed E-state index contributed by atoms with van der Waals surface area (Å²) in [4.78, 5) is 9.01. The highest BCUT2D eigenvalue weighted by atomic mass is 19.1. The number of piperidine rings is 1. The fraction of sp³-hybridized carbons (Fsp3) is 0.300. The summed E-state index contributed by atoms with van der Waals surface area (Å²) in [6.07, 6.45) is 10.0. The normalized spacial score (nSPS) is 15.9. The summed E-state index contributed by atoms with van der Waals surface area (Å²) in [5.74, 6) is 0.119. The fourth-order valence-electron chi connectivity index (χ4n) is 3.84. The molecule has 0 saturated carbocycles. The Morgan fingerprint density at radius 2 is 1.81 bits per heavy atom. The first-order chi connectivity index (χ1) is 12.7. The molecule has 1 aliphatic rings. The van der Waals surface area contributed by atoms with Gasteiger partial charge in [0.1, 0.15) is 5.65 Å². The molecule has 6 heteroatoms. The van der Waals surface area contributed by atoms with Gasteiger partial charge in [-0.3, -0.25) is 0 Å². The number of aryl methyl sites for hydroxylation is 1. The van der Waals surface area contributed by atoms with Crippen molar-refractivity contribution in [3.8, 4) is 11.1 Å². The van der Waals surface area contributed by atoms with E-state index in [1.54, 1.807) is 6.07 Å². The molecule has 0 spiro atoms. The van der Waals surface area contributed by atoms with Crippen molar-refractivity contribution in [1.29, 1.82) is 0 Å². The summed E-state index contributed by atoms with van der Waals surface area (Å²) in [5, 5.41) is 3.36. The molecule has 0 aromatic carbocycles. The van der Waals surface area contributed by atoms with E-state index in [0.29, 0.717) is 11.6 Å². The number of imidazole rings is 2. The number of hydrogen-bond acceptors (Lipinski definition) is 3. The second kappa shape index (κ2) is 5.92. The summed E-state index contributed by atoms with van der Waals surface area (Å²) >= 11 is 0. The van der Waals surface area contributed by atoms with Gasteiger partial charge in [-0.15, -0.1) is 0 Å². The fourth-order valence-corrected chi connectivity index (χ4v) is 3.84. The molecule has 0 bridgehead atoms. The highest BCUT2D eigenvalue weighted by Crippen LogP contribution is 2.28. The van der Waals surface area contributed by atoms with Crippen LogP contribution in [0.2, 0.25) is 0 Å². The number of nitrogens with zero attached hydrogens (tertiary/aromatic N) is 4. The van der Waals surface area contributed by atoms with Gasteiger partial charge < -0.3 is 14.1 Å². The number of hydrogen-bond donors (Lipinski definition) is 1. The molecule has 26 heavy (non-hydrogen) atoms. The molecule has 1 saturated heterocycles. The first-order valence-corrected chi connectivity index (χ1v) is 9.02. The van der Waals surface area contributed by atoms with Gasteiger partial charge in [0.15, 0.2) is 11.5 Å². The van der Waals surface area contributed by atoms with Gasteiger partial charge in [0.25, 0.3) is 0 Å². The number of halogens is 1. The molecule has 4 aromatic rings. The topological polar surface area (TPSA) is 46.6 Å². The smallest absolute Gasteiger partial charge is 0.173 e. The van der Waals surface area contributed by atoms with E-state index in [2.05, 4.69) is 15.3 Å². The summed E-state index contributed by atoms with van der Waals surface area (Å²) < 4.78 is 18.5. The van der Waals surface area contributed by atoms with E-state index in [4.69, 9.17) is 0 Å². The SMILES string of the molecule is Cc1cn2cc(-c3cc(F)c4nc(C5CCNCC5)cn4c3)ccc2n1. The Morgan fingerprint density at radius 3 is 2.65 bits per heavy atom. The van der Waals surface area contributed by atoms with Crippen LogP contribution >= 0.6 is 0 Å². The lowest BCUT2D eigenvalue weighted by atomic mass is 9.95. The maximum atomic E-state index is 14.7. The van der Waals surface area contributed by atoms with Gasteiger partial charge in [0.05, 0.1) is 11.4 Å². The van der Waals surface area contributed by atoms with Crippen molar-refractivity contribution in [1.82, 2.24) is 24.1 Å². The molecule has 0 amide bonds. The number of rotatable bonds is 2. The van der Waals surface area contributed by atoms with E-state index in [9.17, 15) is 4.39 Å². The molecular weight excluding hydrogens is 329 g/mol. The largest absolute Gasteiger partial charge is 0.317 e. The van der Waals surface area contributed by atoms with Gasteiger partial charge in [0, 0.05) is 41.8 Å². The standard InChI is InChI=1S/C20H20FN5/c1-13-9-25-10-15(2-3-19(25)23-13)16-8-17(21)20-24-18(12-26(20)11-16)14-4-6-22-7-5-14/h2-3,8-12,14,22H,4-7H2,1H3. The Bertz CT molecular complexity index is 1100. The molecule has 0 atom stereocenters. The second-order valence-corrected chi connectivity index (χ2v) is 7.06. The van der Waals surface area contributed by atoms with Gasteiger partial charge in [-0.2, -0.15) is 0 Å². The van der Waals surface area contributed by atoms with Crippen molar-refractivity contribution < 1.29 is 4.39 Å². The van der Waals surface area contributed by atoms with Gasteiger partial charge in [0.2, 0.25) is 0 Å². The average molecular weight is 349 g/mol. The van der Waals surface area contributed by atoms with E-state index in [-0.39, 0.29) is 5.82 Å². The zero-order valence-corrected chi connectivity index (χ0v) is 14.6. The Kier molecular flexibility index (Phi) is 3.53. The third-order valence-corrected chi connectivity index (χ3v) is 5.19. The van der Waals surface area contributed by atoms with E-state index in [1.807, 2.05) is 52.6 Å². The number of aromatic nitrogens is 4. The summed E-state index contributed by atoms with van der Waals surface area (Å²) in [6.45, 7) is 3.96. The van der Waals surface area contributed by atoms with Crippen LogP contribution in [0, 0.1) is 12.7 Å². The Balaban J connectivity index is 1.58. The molecule has 5 heterocycles. The van der Waals surface area contributed by atoms with Crippen LogP contribution in [-0.4, -0.2) is 31.9 Å². The van der Waals surface area contributed by atoms with E-state index in [0.717, 1.165) is 54.1 Å². The molecule has 1 fully saturated rings. The molecule has 0 radical (unpaired) electrons. The van der Waals surface area contributed by atoms with Crippen molar-refractivity contribution in [3.63, 3.8) is 0 Å². The highest BCUT2D eigenvalue weighted by molar-refractivity contribution is 5.66.